The second-order valence-electron chi connectivity index (χ2n) is 8.46. The quantitative estimate of drug-likeness (QED) is 0.788. The van der Waals surface area contributed by atoms with Crippen LogP contribution < -0.4 is 0 Å². The molecule has 0 aliphatic carbocycles. The predicted molar refractivity (Wildman–Crippen MR) is 109 cm³/mol. The molecular formula is C24H28N2O2. The van der Waals surface area contributed by atoms with Crippen molar-refractivity contribution in [2.24, 2.45) is 5.92 Å². The van der Waals surface area contributed by atoms with Gasteiger partial charge in [0.25, 0.3) is 0 Å². The molecule has 0 unspecified atom stereocenters. The van der Waals surface area contributed by atoms with Gasteiger partial charge in [-0.25, -0.2) is 4.79 Å². The first-order valence-corrected chi connectivity index (χ1v) is 10.5. The van der Waals surface area contributed by atoms with Crippen molar-refractivity contribution in [3.63, 3.8) is 0 Å². The maximum atomic E-state index is 13.3. The summed E-state index contributed by atoms with van der Waals surface area (Å²) < 4.78 is 6.12. The Morgan fingerprint density at radius 2 is 1.68 bits per heavy atom. The average molecular weight is 377 g/mol. The first kappa shape index (κ1) is 17.7. The molecule has 0 aromatic heterocycles. The Morgan fingerprint density at radius 1 is 0.964 bits per heavy atom. The van der Waals surface area contributed by atoms with Crippen molar-refractivity contribution < 1.29 is 9.53 Å². The van der Waals surface area contributed by atoms with Crippen LogP contribution in [0.25, 0.3) is 0 Å². The average Bonchev–Trinajstić information content (AvgIpc) is 2.74. The van der Waals surface area contributed by atoms with Crippen molar-refractivity contribution in [3.8, 4) is 0 Å². The molecule has 4 nitrogen and oxygen atoms in total. The minimum absolute atomic E-state index is 0.0460. The molecule has 3 fully saturated rings. The standard InChI is InChI=1S/C24H28N2O2/c1-17-6-2-4-8-20(17)23-21-9-5-3-7-18(21)12-15-26(23)24(27)28-22-16-25-13-10-19(22)11-14-25/h2-9,19,22-23H,10-16H2,1H3/t22-,23-/m0/s1. The van der Waals surface area contributed by atoms with E-state index in [9.17, 15) is 4.79 Å². The van der Waals surface area contributed by atoms with Crippen LogP contribution in [-0.4, -0.2) is 48.2 Å². The zero-order valence-corrected chi connectivity index (χ0v) is 16.5. The van der Waals surface area contributed by atoms with Gasteiger partial charge in [0, 0.05) is 13.1 Å². The summed E-state index contributed by atoms with van der Waals surface area (Å²) >= 11 is 0. The first-order chi connectivity index (χ1) is 13.7. The lowest BCUT2D eigenvalue weighted by atomic mass is 9.85. The van der Waals surface area contributed by atoms with E-state index in [1.807, 2.05) is 4.90 Å². The molecule has 2 aromatic rings. The summed E-state index contributed by atoms with van der Waals surface area (Å²) in [5.74, 6) is 0.530. The molecule has 3 saturated heterocycles. The summed E-state index contributed by atoms with van der Waals surface area (Å²) in [6.45, 7) is 6.04. The highest BCUT2D eigenvalue weighted by Crippen LogP contribution is 2.38. The number of fused-ring (bicyclic) bond motifs is 4. The molecule has 0 radical (unpaired) electrons. The van der Waals surface area contributed by atoms with E-state index in [1.165, 1.54) is 22.3 Å². The number of hydrogen-bond donors (Lipinski definition) is 0. The third-order valence-electron chi connectivity index (χ3n) is 6.85. The van der Waals surface area contributed by atoms with E-state index >= 15 is 0 Å². The van der Waals surface area contributed by atoms with Crippen LogP contribution in [0.3, 0.4) is 0 Å². The molecule has 0 saturated carbocycles. The molecule has 4 aliphatic heterocycles. The lowest BCUT2D eigenvalue weighted by Gasteiger charge is -2.45. The van der Waals surface area contributed by atoms with Crippen molar-refractivity contribution >= 4 is 6.09 Å². The smallest absolute Gasteiger partial charge is 0.410 e. The van der Waals surface area contributed by atoms with E-state index in [4.69, 9.17) is 4.74 Å². The van der Waals surface area contributed by atoms with E-state index in [0.717, 1.165) is 38.9 Å². The Kier molecular flexibility index (Phi) is 4.59. The number of piperidine rings is 3. The summed E-state index contributed by atoms with van der Waals surface area (Å²) in [5, 5.41) is 0. The molecule has 6 rings (SSSR count). The molecule has 1 amide bonds. The summed E-state index contributed by atoms with van der Waals surface area (Å²) in [4.78, 5) is 17.7. The summed E-state index contributed by atoms with van der Waals surface area (Å²) in [7, 11) is 0. The van der Waals surface area contributed by atoms with Gasteiger partial charge in [0.2, 0.25) is 0 Å². The molecule has 2 bridgehead atoms. The number of benzene rings is 2. The number of carbonyl (C=O) groups is 1. The topological polar surface area (TPSA) is 32.8 Å². The number of nitrogens with zero attached hydrogens (tertiary/aromatic N) is 2. The van der Waals surface area contributed by atoms with Gasteiger partial charge in [0.05, 0.1) is 6.04 Å². The van der Waals surface area contributed by atoms with Crippen LogP contribution in [0, 0.1) is 12.8 Å². The van der Waals surface area contributed by atoms with Crippen LogP contribution in [0.1, 0.15) is 41.1 Å². The highest BCUT2D eigenvalue weighted by atomic mass is 16.6. The van der Waals surface area contributed by atoms with E-state index in [2.05, 4.69) is 60.4 Å². The molecule has 28 heavy (non-hydrogen) atoms. The number of aryl methyl sites for hydroxylation is 1. The number of carbonyl (C=O) groups excluding carboxylic acids is 1. The minimum Gasteiger partial charge on any atom is -0.444 e. The normalized spacial score (nSPS) is 28.7. The molecule has 2 aromatic carbocycles. The number of amides is 1. The van der Waals surface area contributed by atoms with Gasteiger partial charge in [-0.05, 0) is 67.4 Å². The largest absolute Gasteiger partial charge is 0.444 e. The molecule has 0 spiro atoms. The van der Waals surface area contributed by atoms with E-state index in [0.29, 0.717) is 12.5 Å². The van der Waals surface area contributed by atoms with Gasteiger partial charge in [-0.3, -0.25) is 9.80 Å². The zero-order chi connectivity index (χ0) is 19.1. The van der Waals surface area contributed by atoms with Gasteiger partial charge in [-0.1, -0.05) is 48.5 Å². The van der Waals surface area contributed by atoms with Crippen LogP contribution >= 0.6 is 0 Å². The fraction of sp³-hybridized carbons (Fsp3) is 0.458. The first-order valence-electron chi connectivity index (χ1n) is 10.5. The molecule has 4 heteroatoms. The molecule has 4 heterocycles. The Hall–Kier alpha value is -2.33. The van der Waals surface area contributed by atoms with Gasteiger partial charge in [0.15, 0.2) is 0 Å². The predicted octanol–water partition coefficient (Wildman–Crippen LogP) is 4.17. The van der Waals surface area contributed by atoms with E-state index in [1.54, 1.807) is 0 Å². The molecular weight excluding hydrogens is 348 g/mol. The third-order valence-corrected chi connectivity index (χ3v) is 6.85. The maximum absolute atomic E-state index is 13.3. The third kappa shape index (κ3) is 3.10. The second-order valence-corrected chi connectivity index (χ2v) is 8.46. The van der Waals surface area contributed by atoms with Gasteiger partial charge >= 0.3 is 6.09 Å². The summed E-state index contributed by atoms with van der Waals surface area (Å²) in [5.41, 5.74) is 4.97. The van der Waals surface area contributed by atoms with E-state index in [-0.39, 0.29) is 18.2 Å². The highest BCUT2D eigenvalue weighted by Gasteiger charge is 2.39. The lowest BCUT2D eigenvalue weighted by molar-refractivity contribution is -0.0462. The van der Waals surface area contributed by atoms with Crippen molar-refractivity contribution in [3.05, 3.63) is 70.8 Å². The fourth-order valence-electron chi connectivity index (χ4n) is 5.23. The Morgan fingerprint density at radius 3 is 2.39 bits per heavy atom. The van der Waals surface area contributed by atoms with Crippen LogP contribution in [0.5, 0.6) is 0 Å². The molecule has 2 atom stereocenters. The van der Waals surface area contributed by atoms with Crippen LogP contribution in [0.2, 0.25) is 0 Å². The Labute approximate surface area is 167 Å². The maximum Gasteiger partial charge on any atom is 0.410 e. The Bertz CT molecular complexity index is 872. The fourth-order valence-corrected chi connectivity index (χ4v) is 5.23. The van der Waals surface area contributed by atoms with Crippen molar-refractivity contribution in [1.82, 2.24) is 9.80 Å². The molecule has 146 valence electrons. The van der Waals surface area contributed by atoms with Crippen LogP contribution in [0.4, 0.5) is 4.79 Å². The van der Waals surface area contributed by atoms with Crippen molar-refractivity contribution in [2.75, 3.05) is 26.2 Å². The van der Waals surface area contributed by atoms with Gasteiger partial charge in [-0.15, -0.1) is 0 Å². The van der Waals surface area contributed by atoms with E-state index < -0.39 is 0 Å². The minimum atomic E-state index is -0.151. The number of ether oxygens (including phenoxy) is 1. The van der Waals surface area contributed by atoms with Crippen LogP contribution in [-0.2, 0) is 11.2 Å². The summed E-state index contributed by atoms with van der Waals surface area (Å²) in [6, 6.07) is 16.9. The zero-order valence-electron chi connectivity index (χ0n) is 16.5. The number of rotatable bonds is 2. The SMILES string of the molecule is Cc1ccccc1[C@H]1c2ccccc2CCN1C(=O)O[C@H]1CN2CCC1CC2. The van der Waals surface area contributed by atoms with Crippen molar-refractivity contribution in [2.45, 2.75) is 38.3 Å². The van der Waals surface area contributed by atoms with Gasteiger partial charge in [0.1, 0.15) is 6.10 Å². The summed E-state index contributed by atoms with van der Waals surface area (Å²) in [6.07, 6.45) is 3.09. The Balaban J connectivity index is 1.46. The highest BCUT2D eigenvalue weighted by molar-refractivity contribution is 5.70. The molecule has 4 aliphatic rings. The monoisotopic (exact) mass is 376 g/mol. The lowest BCUT2D eigenvalue weighted by Crippen LogP contribution is -2.53. The van der Waals surface area contributed by atoms with Crippen molar-refractivity contribution in [1.29, 1.82) is 0 Å². The molecule has 0 N–H and O–H groups in total. The van der Waals surface area contributed by atoms with Gasteiger partial charge in [-0.2, -0.15) is 0 Å². The second kappa shape index (κ2) is 7.25. The number of hydrogen-bond acceptors (Lipinski definition) is 3. The van der Waals surface area contributed by atoms with Gasteiger partial charge < -0.3 is 4.74 Å². The van der Waals surface area contributed by atoms with Crippen LogP contribution in [0.15, 0.2) is 48.5 Å².